The standard InChI is InChI=1S/C26H28O14/c27-11-3-1-10(2-4-11)13-7-36-23-12(17(13)30)5-6-14(28)24(23)40-26-22(35)20(33)19(32)16(39-26)9-38-25-21(34)18(31)15(29)8-37-25/h1-7,15-16,18-22,25-29,31-35H,8-9H2. The molecular weight excluding hydrogens is 536 g/mol. The maximum absolute atomic E-state index is 13.2. The van der Waals surface area contributed by atoms with Crippen LogP contribution in [0.4, 0.5) is 0 Å². The third kappa shape index (κ3) is 5.24. The lowest BCUT2D eigenvalue weighted by atomic mass is 9.99. The summed E-state index contributed by atoms with van der Waals surface area (Å²) in [6, 6.07) is 8.32. The van der Waals surface area contributed by atoms with E-state index in [0.29, 0.717) is 5.56 Å². The number of hydrogen-bond acceptors (Lipinski definition) is 14. The van der Waals surface area contributed by atoms with Crippen molar-refractivity contribution in [1.82, 2.24) is 0 Å². The predicted octanol–water partition coefficient (Wildman–Crippen LogP) is -1.49. The van der Waals surface area contributed by atoms with Crippen molar-refractivity contribution in [1.29, 1.82) is 0 Å². The van der Waals surface area contributed by atoms with Gasteiger partial charge in [0.05, 0.1) is 24.2 Å². The third-order valence-corrected chi connectivity index (χ3v) is 6.84. The minimum Gasteiger partial charge on any atom is -0.508 e. The molecule has 0 aliphatic carbocycles. The van der Waals surface area contributed by atoms with Gasteiger partial charge >= 0.3 is 0 Å². The molecule has 0 saturated carbocycles. The van der Waals surface area contributed by atoms with Gasteiger partial charge in [0.2, 0.25) is 17.5 Å². The Kier molecular flexibility index (Phi) is 7.96. The summed E-state index contributed by atoms with van der Waals surface area (Å²) in [6.45, 7) is -0.841. The number of phenols is 2. The summed E-state index contributed by atoms with van der Waals surface area (Å²) in [5.74, 6) is -0.860. The van der Waals surface area contributed by atoms with Gasteiger partial charge in [0.15, 0.2) is 17.6 Å². The highest BCUT2D eigenvalue weighted by Crippen LogP contribution is 2.37. The quantitative estimate of drug-likeness (QED) is 0.171. The first-order valence-electron chi connectivity index (χ1n) is 12.3. The molecule has 2 aliphatic rings. The number of aliphatic hydroxyl groups is 6. The maximum atomic E-state index is 13.2. The van der Waals surface area contributed by atoms with E-state index in [2.05, 4.69) is 0 Å². The fourth-order valence-corrected chi connectivity index (χ4v) is 4.50. The molecule has 9 unspecified atom stereocenters. The molecule has 14 heteroatoms. The second kappa shape index (κ2) is 11.3. The van der Waals surface area contributed by atoms with Crippen LogP contribution >= 0.6 is 0 Å². The number of benzene rings is 2. The van der Waals surface area contributed by atoms with Crippen molar-refractivity contribution in [2.45, 2.75) is 55.3 Å². The van der Waals surface area contributed by atoms with Crippen molar-refractivity contribution in [3.05, 3.63) is 52.9 Å². The van der Waals surface area contributed by atoms with Gasteiger partial charge in [-0.15, -0.1) is 0 Å². The Labute approximate surface area is 225 Å². The Balaban J connectivity index is 1.38. The predicted molar refractivity (Wildman–Crippen MR) is 132 cm³/mol. The zero-order valence-electron chi connectivity index (χ0n) is 20.7. The van der Waals surface area contributed by atoms with Crippen LogP contribution < -0.4 is 10.2 Å². The number of ether oxygens (including phenoxy) is 4. The number of hydrogen-bond donors (Lipinski definition) is 8. The molecule has 8 N–H and O–H groups in total. The van der Waals surface area contributed by atoms with Gasteiger partial charge in [-0.25, -0.2) is 0 Å². The van der Waals surface area contributed by atoms with Crippen LogP contribution in [-0.2, 0) is 14.2 Å². The van der Waals surface area contributed by atoms with Crippen molar-refractivity contribution in [3.63, 3.8) is 0 Å². The van der Waals surface area contributed by atoms with Crippen LogP contribution in [0.2, 0.25) is 0 Å². The van der Waals surface area contributed by atoms with Gasteiger partial charge in [-0.05, 0) is 29.8 Å². The minimum atomic E-state index is -1.82. The molecule has 2 saturated heterocycles. The number of aliphatic hydroxyl groups excluding tert-OH is 6. The third-order valence-electron chi connectivity index (χ3n) is 6.84. The lowest BCUT2D eigenvalue weighted by Gasteiger charge is -2.41. The highest BCUT2D eigenvalue weighted by molar-refractivity contribution is 5.88. The Morgan fingerprint density at radius 2 is 1.52 bits per heavy atom. The molecule has 2 aliphatic heterocycles. The monoisotopic (exact) mass is 564 g/mol. The van der Waals surface area contributed by atoms with E-state index >= 15 is 0 Å². The van der Waals surface area contributed by atoms with E-state index in [1.54, 1.807) is 0 Å². The Morgan fingerprint density at radius 1 is 0.825 bits per heavy atom. The Morgan fingerprint density at radius 3 is 2.25 bits per heavy atom. The molecule has 9 atom stereocenters. The lowest BCUT2D eigenvalue weighted by molar-refractivity contribution is -0.307. The fourth-order valence-electron chi connectivity index (χ4n) is 4.50. The minimum absolute atomic E-state index is 0.00770. The zero-order chi connectivity index (χ0) is 28.7. The van der Waals surface area contributed by atoms with E-state index in [9.17, 15) is 45.6 Å². The lowest BCUT2D eigenvalue weighted by Crippen LogP contribution is -2.61. The molecule has 0 spiro atoms. The van der Waals surface area contributed by atoms with E-state index in [1.165, 1.54) is 30.3 Å². The van der Waals surface area contributed by atoms with Gasteiger partial charge < -0.3 is 64.2 Å². The van der Waals surface area contributed by atoms with E-state index in [4.69, 9.17) is 23.4 Å². The van der Waals surface area contributed by atoms with Gasteiger partial charge in [-0.2, -0.15) is 0 Å². The number of phenolic OH excluding ortho intramolecular Hbond substituents is 2. The highest BCUT2D eigenvalue weighted by atomic mass is 16.7. The topological polar surface area (TPSA) is 229 Å². The summed E-state index contributed by atoms with van der Waals surface area (Å²) in [4.78, 5) is 13.2. The molecule has 2 fully saturated rings. The molecule has 1 aromatic heterocycles. The van der Waals surface area contributed by atoms with Crippen molar-refractivity contribution in [2.75, 3.05) is 13.2 Å². The molecule has 2 aromatic carbocycles. The van der Waals surface area contributed by atoms with Gasteiger partial charge in [0, 0.05) is 0 Å². The number of fused-ring (bicyclic) bond motifs is 1. The van der Waals surface area contributed by atoms with Crippen molar-refractivity contribution >= 4 is 11.0 Å². The van der Waals surface area contributed by atoms with Crippen LogP contribution in [0.3, 0.4) is 0 Å². The molecule has 3 aromatic rings. The van der Waals surface area contributed by atoms with Crippen LogP contribution in [0.15, 0.2) is 51.9 Å². The first-order chi connectivity index (χ1) is 19.1. The van der Waals surface area contributed by atoms with Gasteiger partial charge in [0.1, 0.15) is 54.7 Å². The Hall–Kier alpha value is -3.31. The molecule has 5 rings (SSSR count). The molecular formula is C26H28O14. The van der Waals surface area contributed by atoms with Gasteiger partial charge in [-0.1, -0.05) is 12.1 Å². The average Bonchev–Trinajstić information content (AvgIpc) is 2.94. The number of rotatable bonds is 6. The van der Waals surface area contributed by atoms with Crippen molar-refractivity contribution in [3.8, 4) is 28.4 Å². The summed E-state index contributed by atoms with van der Waals surface area (Å²) in [5, 5.41) is 80.8. The maximum Gasteiger partial charge on any atom is 0.229 e. The Bertz CT molecular complexity index is 1390. The molecule has 0 radical (unpaired) electrons. The fraction of sp³-hybridized carbons (Fsp3) is 0.423. The van der Waals surface area contributed by atoms with Gasteiger partial charge in [-0.3, -0.25) is 4.79 Å². The summed E-state index contributed by atoms with van der Waals surface area (Å²) in [6.07, 6.45) is -13.1. The molecule has 40 heavy (non-hydrogen) atoms. The van der Waals surface area contributed by atoms with E-state index in [1.807, 2.05) is 0 Å². The normalized spacial score (nSPS) is 32.7. The smallest absolute Gasteiger partial charge is 0.229 e. The van der Waals surface area contributed by atoms with E-state index in [0.717, 1.165) is 12.3 Å². The summed E-state index contributed by atoms with van der Waals surface area (Å²) in [7, 11) is 0. The van der Waals surface area contributed by atoms with Gasteiger partial charge in [0.25, 0.3) is 0 Å². The van der Waals surface area contributed by atoms with Crippen LogP contribution in [0.1, 0.15) is 0 Å². The molecule has 0 amide bonds. The SMILES string of the molecule is O=c1c(-c2ccc(O)cc2)coc2c(OC3OC(COC4OCC(O)C(O)C4O)C(O)C(O)C3O)c(O)ccc12. The number of aromatic hydroxyl groups is 2. The second-order valence-electron chi connectivity index (χ2n) is 9.53. The summed E-state index contributed by atoms with van der Waals surface area (Å²) in [5.41, 5.74) is -0.0485. The molecule has 0 bridgehead atoms. The largest absolute Gasteiger partial charge is 0.508 e. The molecule has 14 nitrogen and oxygen atoms in total. The average molecular weight is 564 g/mol. The van der Waals surface area contributed by atoms with Crippen molar-refractivity contribution < 1.29 is 64.2 Å². The van der Waals surface area contributed by atoms with Crippen LogP contribution in [0, 0.1) is 0 Å². The zero-order valence-corrected chi connectivity index (χ0v) is 20.7. The van der Waals surface area contributed by atoms with E-state index < -0.39 is 73.1 Å². The highest BCUT2D eigenvalue weighted by Gasteiger charge is 2.47. The van der Waals surface area contributed by atoms with E-state index in [-0.39, 0.29) is 34.6 Å². The summed E-state index contributed by atoms with van der Waals surface area (Å²) < 4.78 is 27.4. The van der Waals surface area contributed by atoms with Crippen LogP contribution in [0.25, 0.3) is 22.1 Å². The second-order valence-corrected chi connectivity index (χ2v) is 9.53. The van der Waals surface area contributed by atoms with Crippen molar-refractivity contribution in [2.24, 2.45) is 0 Å². The first-order valence-corrected chi connectivity index (χ1v) is 12.3. The first kappa shape index (κ1) is 28.2. The molecule has 216 valence electrons. The molecule has 3 heterocycles. The summed E-state index contributed by atoms with van der Waals surface area (Å²) >= 11 is 0. The van der Waals surface area contributed by atoms with Crippen LogP contribution in [0.5, 0.6) is 17.2 Å². The van der Waals surface area contributed by atoms with Crippen LogP contribution in [-0.4, -0.2) is 109 Å².